The Labute approximate surface area is 97.4 Å². The molecule has 0 radical (unpaired) electrons. The lowest BCUT2D eigenvalue weighted by Gasteiger charge is -2.20. The number of aryl methyl sites for hydroxylation is 1. The Morgan fingerprint density at radius 1 is 1.25 bits per heavy atom. The van der Waals surface area contributed by atoms with Gasteiger partial charge in [0.1, 0.15) is 0 Å². The smallest absolute Gasteiger partial charge is 0.0964 e. The fourth-order valence-electron chi connectivity index (χ4n) is 2.39. The minimum absolute atomic E-state index is 0.683. The molecule has 1 aliphatic carbocycles. The van der Waals surface area contributed by atoms with E-state index < -0.39 is 0 Å². The molecule has 1 aromatic heterocycles. The molecule has 1 aromatic rings. The molecule has 0 unspecified atom stereocenters. The Kier molecular flexibility index (Phi) is 4.34. The monoisotopic (exact) mass is 222 g/mol. The average molecular weight is 222 g/mol. The molecular formula is C12H22N4. The van der Waals surface area contributed by atoms with Crippen molar-refractivity contribution in [2.24, 2.45) is 7.05 Å². The van der Waals surface area contributed by atoms with E-state index in [1.807, 2.05) is 13.2 Å². The van der Waals surface area contributed by atoms with Crippen molar-refractivity contribution in [3.63, 3.8) is 0 Å². The summed E-state index contributed by atoms with van der Waals surface area (Å²) in [5, 5.41) is 11.6. The third kappa shape index (κ3) is 3.59. The molecule has 1 saturated carbocycles. The molecule has 0 amide bonds. The molecule has 0 spiro atoms. The summed E-state index contributed by atoms with van der Waals surface area (Å²) in [5.41, 5.74) is 1.05. The lowest BCUT2D eigenvalue weighted by molar-refractivity contribution is 0.387. The first-order chi connectivity index (χ1) is 7.84. The van der Waals surface area contributed by atoms with Gasteiger partial charge in [-0.1, -0.05) is 37.3 Å². The van der Waals surface area contributed by atoms with E-state index >= 15 is 0 Å². The van der Waals surface area contributed by atoms with Crippen LogP contribution < -0.4 is 5.32 Å². The van der Waals surface area contributed by atoms with E-state index in [1.165, 1.54) is 44.9 Å². The topological polar surface area (TPSA) is 42.7 Å². The molecule has 0 aliphatic heterocycles. The number of hydrogen-bond donors (Lipinski definition) is 1. The second-order valence-electron chi connectivity index (χ2n) is 4.81. The third-order valence-electron chi connectivity index (χ3n) is 3.33. The first-order valence-electron chi connectivity index (χ1n) is 6.43. The van der Waals surface area contributed by atoms with Crippen molar-refractivity contribution < 1.29 is 0 Å². The maximum Gasteiger partial charge on any atom is 0.0964 e. The fraction of sp³-hybridized carbons (Fsp3) is 0.833. The minimum Gasteiger partial charge on any atom is -0.308 e. The molecule has 1 fully saturated rings. The zero-order chi connectivity index (χ0) is 11.2. The van der Waals surface area contributed by atoms with Crippen molar-refractivity contribution in [1.82, 2.24) is 20.3 Å². The van der Waals surface area contributed by atoms with Crippen LogP contribution in [0.15, 0.2) is 6.20 Å². The summed E-state index contributed by atoms with van der Waals surface area (Å²) in [6, 6.07) is 0.683. The van der Waals surface area contributed by atoms with Gasteiger partial charge in [0.15, 0.2) is 0 Å². The van der Waals surface area contributed by atoms with E-state index in [-0.39, 0.29) is 0 Å². The quantitative estimate of drug-likeness (QED) is 0.850. The molecule has 4 heteroatoms. The summed E-state index contributed by atoms with van der Waals surface area (Å²) in [6.45, 7) is 0.860. The zero-order valence-electron chi connectivity index (χ0n) is 10.2. The molecule has 90 valence electrons. The molecule has 4 nitrogen and oxygen atoms in total. The summed E-state index contributed by atoms with van der Waals surface area (Å²) < 4.78 is 1.76. The van der Waals surface area contributed by atoms with Crippen molar-refractivity contribution in [3.8, 4) is 0 Å². The Balaban J connectivity index is 1.75. The first-order valence-corrected chi connectivity index (χ1v) is 6.43. The van der Waals surface area contributed by atoms with Crippen molar-refractivity contribution in [2.75, 3.05) is 0 Å². The molecule has 16 heavy (non-hydrogen) atoms. The van der Waals surface area contributed by atoms with Crippen LogP contribution in [0.4, 0.5) is 0 Å². The van der Waals surface area contributed by atoms with Gasteiger partial charge in [0.05, 0.1) is 5.69 Å². The van der Waals surface area contributed by atoms with Crippen molar-refractivity contribution in [1.29, 1.82) is 0 Å². The van der Waals surface area contributed by atoms with Crippen molar-refractivity contribution in [2.45, 2.75) is 57.5 Å². The van der Waals surface area contributed by atoms with Gasteiger partial charge in [-0.25, -0.2) is 0 Å². The molecule has 0 aromatic carbocycles. The largest absolute Gasteiger partial charge is 0.308 e. The molecule has 0 bridgehead atoms. The van der Waals surface area contributed by atoms with Gasteiger partial charge in [-0.3, -0.25) is 4.68 Å². The highest BCUT2D eigenvalue weighted by atomic mass is 15.4. The van der Waals surface area contributed by atoms with Crippen LogP contribution in [0.25, 0.3) is 0 Å². The predicted octanol–water partition coefficient (Wildman–Crippen LogP) is 2.02. The van der Waals surface area contributed by atoms with Gasteiger partial charge in [-0.05, 0) is 12.8 Å². The fourth-order valence-corrected chi connectivity index (χ4v) is 2.39. The van der Waals surface area contributed by atoms with Crippen LogP contribution in [0.2, 0.25) is 0 Å². The molecule has 1 heterocycles. The minimum atomic E-state index is 0.683. The molecular weight excluding hydrogens is 200 g/mol. The Hall–Kier alpha value is -0.900. The second kappa shape index (κ2) is 5.99. The van der Waals surface area contributed by atoms with Crippen LogP contribution in [0.5, 0.6) is 0 Å². The van der Waals surface area contributed by atoms with Crippen LogP contribution in [-0.4, -0.2) is 21.0 Å². The Morgan fingerprint density at radius 3 is 2.56 bits per heavy atom. The number of rotatable bonds is 3. The highest BCUT2D eigenvalue weighted by Crippen LogP contribution is 2.17. The van der Waals surface area contributed by atoms with Crippen molar-refractivity contribution >= 4 is 0 Å². The molecule has 1 N–H and O–H groups in total. The van der Waals surface area contributed by atoms with Crippen LogP contribution in [0, 0.1) is 0 Å². The third-order valence-corrected chi connectivity index (χ3v) is 3.33. The molecule has 0 atom stereocenters. The standard InChI is InChI=1S/C12H22N4/c1-16-10-12(14-15-16)9-13-11-7-5-3-2-4-6-8-11/h10-11,13H,2-9H2,1H3. The highest BCUT2D eigenvalue weighted by molar-refractivity contribution is 4.91. The molecule has 0 saturated heterocycles. The van der Waals surface area contributed by atoms with Crippen LogP contribution in [0.1, 0.15) is 50.6 Å². The second-order valence-corrected chi connectivity index (χ2v) is 4.81. The Morgan fingerprint density at radius 2 is 1.94 bits per heavy atom. The van der Waals surface area contributed by atoms with Gasteiger partial charge in [-0.2, -0.15) is 0 Å². The van der Waals surface area contributed by atoms with E-state index in [2.05, 4.69) is 15.6 Å². The van der Waals surface area contributed by atoms with E-state index in [1.54, 1.807) is 4.68 Å². The molecule has 1 aliphatic rings. The van der Waals surface area contributed by atoms with E-state index in [0.29, 0.717) is 6.04 Å². The van der Waals surface area contributed by atoms with Crippen LogP contribution in [-0.2, 0) is 13.6 Å². The SMILES string of the molecule is Cn1cc(CNC2CCCCCCC2)nn1. The van der Waals surface area contributed by atoms with E-state index in [0.717, 1.165) is 12.2 Å². The number of aromatic nitrogens is 3. The lowest BCUT2D eigenvalue weighted by atomic mass is 9.97. The summed E-state index contributed by atoms with van der Waals surface area (Å²) in [6.07, 6.45) is 11.6. The van der Waals surface area contributed by atoms with E-state index in [4.69, 9.17) is 0 Å². The highest BCUT2D eigenvalue weighted by Gasteiger charge is 2.11. The van der Waals surface area contributed by atoms with Gasteiger partial charge in [0, 0.05) is 25.8 Å². The Bertz CT molecular complexity index is 300. The van der Waals surface area contributed by atoms with Gasteiger partial charge < -0.3 is 5.32 Å². The summed E-state index contributed by atoms with van der Waals surface area (Å²) >= 11 is 0. The lowest BCUT2D eigenvalue weighted by Crippen LogP contribution is -2.29. The summed E-state index contributed by atoms with van der Waals surface area (Å²) in [4.78, 5) is 0. The van der Waals surface area contributed by atoms with Crippen LogP contribution in [0.3, 0.4) is 0 Å². The van der Waals surface area contributed by atoms with Gasteiger partial charge in [0.25, 0.3) is 0 Å². The normalized spacial score (nSPS) is 19.3. The average Bonchev–Trinajstić information content (AvgIpc) is 2.63. The van der Waals surface area contributed by atoms with Gasteiger partial charge in [0.2, 0.25) is 0 Å². The number of nitrogens with zero attached hydrogens (tertiary/aromatic N) is 3. The van der Waals surface area contributed by atoms with Gasteiger partial charge >= 0.3 is 0 Å². The van der Waals surface area contributed by atoms with E-state index in [9.17, 15) is 0 Å². The first kappa shape index (κ1) is 11.6. The summed E-state index contributed by atoms with van der Waals surface area (Å²) in [5.74, 6) is 0. The van der Waals surface area contributed by atoms with Gasteiger partial charge in [-0.15, -0.1) is 5.10 Å². The van der Waals surface area contributed by atoms with Crippen LogP contribution >= 0.6 is 0 Å². The zero-order valence-corrected chi connectivity index (χ0v) is 10.2. The van der Waals surface area contributed by atoms with Crippen molar-refractivity contribution in [3.05, 3.63) is 11.9 Å². The molecule has 2 rings (SSSR count). The number of hydrogen-bond acceptors (Lipinski definition) is 3. The number of nitrogens with one attached hydrogen (secondary N) is 1. The maximum absolute atomic E-state index is 4.09. The summed E-state index contributed by atoms with van der Waals surface area (Å²) in [7, 11) is 1.91. The maximum atomic E-state index is 4.09. The predicted molar refractivity (Wildman–Crippen MR) is 63.9 cm³/mol.